The summed E-state index contributed by atoms with van der Waals surface area (Å²) in [5.41, 5.74) is 16.4. The predicted molar refractivity (Wildman–Crippen MR) is 506 cm³/mol. The number of benzene rings is 5. The summed E-state index contributed by atoms with van der Waals surface area (Å²) in [5, 5.41) is 34.9. The summed E-state index contributed by atoms with van der Waals surface area (Å²) in [4.78, 5) is 91.3. The molecule has 30 heteroatoms. The molecule has 8 N–H and O–H groups in total. The second-order valence-electron chi connectivity index (χ2n) is 31.1. The van der Waals surface area contributed by atoms with Gasteiger partial charge in [-0.25, -0.2) is 29.3 Å². The standard InChI is InChI=1S/C20H23N3OS2.2C18H19N3OS2.C17H15FN2OS2.C17H17N3OS2/c1-11(2)23-10-9-14-17(19(21-13(4)24)26-18(14)12(23)3)20-22-15-7-5-6-8-16(15)25-20;2*1-9-8-12-15(18-21-13-6-4-5-7-14(13)23-18)17(20-11(3)22)24-16(12)10(2)19-9;1-9(21)19-16-15(14-10(18)5-4-8-13(14)23-16)17-20-11-6-2-3-7-12(11)22-17;1-9-15-11(7-8-18-9)14(16(23-15)19-10(2)21)17-20-12-5-3-4-6-13(12)22-17/h5-8,11-12H,9-10H2,1-4H3,(H,21,24);2*4-7,9-10,19H,8H2,1-3H3,(H,20,22);2-3,6-7,10H,4-5,8H2,1H3,(H,19,21);3-6,9,18H,7-8H2,1-2H3,(H,19,21)/t;2*9-,10+;;/m.10../s1. The maximum Gasteiger partial charge on any atom is 0.221 e. The Bertz CT molecular complexity index is 6060. The number of alkyl halides is 1. The van der Waals surface area contributed by atoms with Crippen molar-refractivity contribution in [2.45, 2.75) is 183 Å². The first-order valence-corrected chi connectivity index (χ1v) is 48.5. The molecule has 4 aliphatic heterocycles. The molecule has 120 heavy (non-hydrogen) atoms. The van der Waals surface area contributed by atoms with Gasteiger partial charge in [0, 0.05) is 136 Å². The molecule has 0 radical (unpaired) electrons. The summed E-state index contributed by atoms with van der Waals surface area (Å²) in [6.45, 7) is 27.5. The molecule has 7 atom stereocenters. The normalized spacial score (nSPS) is 18.5. The summed E-state index contributed by atoms with van der Waals surface area (Å²) < 4.78 is 20.4. The minimum atomic E-state index is -0.973. The van der Waals surface area contributed by atoms with Crippen LogP contribution >= 0.6 is 113 Å². The van der Waals surface area contributed by atoms with Gasteiger partial charge >= 0.3 is 0 Å². The third-order valence-corrected chi connectivity index (χ3v) is 33.4. The number of hydrogen-bond donors (Lipinski definition) is 8. The number of anilines is 5. The van der Waals surface area contributed by atoms with Gasteiger partial charge in [-0.15, -0.1) is 113 Å². The summed E-state index contributed by atoms with van der Waals surface area (Å²) in [6.07, 6.45) is 5.19. The number of thiophene rings is 5. The Morgan fingerprint density at radius 1 is 0.400 bits per heavy atom. The molecule has 0 saturated carbocycles. The number of halogens is 1. The molecule has 20 rings (SSSR count). The Hall–Kier alpha value is -8.83. The molecule has 5 aliphatic rings. The number of hydrogen-bond acceptors (Lipinski definition) is 24. The van der Waals surface area contributed by atoms with E-state index < -0.39 is 6.17 Å². The molecule has 0 bridgehead atoms. The topological polar surface area (TPSA) is 249 Å². The molecule has 10 aromatic heterocycles. The zero-order valence-corrected chi connectivity index (χ0v) is 76.9. The predicted octanol–water partition coefficient (Wildman–Crippen LogP) is 24.0. The van der Waals surface area contributed by atoms with Crippen LogP contribution in [0.25, 0.3) is 104 Å². The maximum absolute atomic E-state index is 14.6. The van der Waals surface area contributed by atoms with E-state index >= 15 is 0 Å². The number of thiazole rings is 5. The monoisotopic (exact) mass is 1790 g/mol. The number of amides is 5. The molecule has 0 saturated heterocycles. The molecule has 0 spiro atoms. The fraction of sp³-hybridized carbons (Fsp3) is 0.333. The quantitative estimate of drug-likeness (QED) is 0.0600. The van der Waals surface area contributed by atoms with E-state index in [1.165, 1.54) is 78.8 Å². The van der Waals surface area contributed by atoms with Gasteiger partial charge in [0.2, 0.25) is 29.5 Å². The van der Waals surface area contributed by atoms with Gasteiger partial charge < -0.3 is 42.5 Å². The van der Waals surface area contributed by atoms with Crippen molar-refractivity contribution in [3.05, 3.63) is 174 Å². The van der Waals surface area contributed by atoms with Gasteiger partial charge in [0.15, 0.2) is 0 Å². The van der Waals surface area contributed by atoms with Gasteiger partial charge in [0.05, 0.1) is 56.6 Å². The largest absolute Gasteiger partial charge is 0.317 e. The van der Waals surface area contributed by atoms with Crippen LogP contribution in [0.3, 0.4) is 0 Å². The highest BCUT2D eigenvalue weighted by Gasteiger charge is 2.37. The minimum absolute atomic E-state index is 0.0284. The number of nitrogens with one attached hydrogen (secondary N) is 8. The second-order valence-corrected chi connectivity index (χ2v) is 41.6. The highest BCUT2D eigenvalue weighted by Crippen LogP contribution is 2.55. The van der Waals surface area contributed by atoms with E-state index in [1.807, 2.05) is 91.0 Å². The first kappa shape index (κ1) is 84.8. The summed E-state index contributed by atoms with van der Waals surface area (Å²) in [7, 11) is 0. The van der Waals surface area contributed by atoms with Gasteiger partial charge in [-0.2, -0.15) is 0 Å². The number of para-hydroxylation sites is 5. The lowest BCUT2D eigenvalue weighted by molar-refractivity contribution is -0.115. The summed E-state index contributed by atoms with van der Waals surface area (Å²) >= 11 is 16.6. The van der Waals surface area contributed by atoms with Gasteiger partial charge in [-0.1, -0.05) is 60.7 Å². The molecule has 0 fully saturated rings. The Morgan fingerprint density at radius 3 is 1.07 bits per heavy atom. The summed E-state index contributed by atoms with van der Waals surface area (Å²) in [6, 6.07) is 43.3. The van der Waals surface area contributed by atoms with Crippen molar-refractivity contribution in [3.8, 4) is 52.9 Å². The molecule has 5 aromatic carbocycles. The van der Waals surface area contributed by atoms with Crippen LogP contribution < -0.4 is 42.5 Å². The van der Waals surface area contributed by atoms with Crippen LogP contribution in [0.4, 0.5) is 29.4 Å². The van der Waals surface area contributed by atoms with Crippen molar-refractivity contribution in [1.82, 2.24) is 45.8 Å². The van der Waals surface area contributed by atoms with Gasteiger partial charge in [-0.05, 0) is 190 Å². The molecule has 3 unspecified atom stereocenters. The maximum atomic E-state index is 14.6. The SMILES string of the molecule is CC(=O)Nc1sc2c(c1-c1nc3ccccc3s1)C(F)CCC2.CC(=O)Nc1sc2c(c1-c1nc3ccccc3s1)CCN(C(C)C)C2C.CC(=O)Nc1sc2c(c1-c1nc3ccccc3s1)CCNC2C.CC(=O)Nc1sc2c(c1-c1nc3ccccc3s1)C[C@@H](C)N[C@H]2C.CC(=O)Nc1sc2c(c1-c1nc3ccccc3s1)C[C@H](C)N[C@@H]2C. The molecule has 620 valence electrons. The minimum Gasteiger partial charge on any atom is -0.317 e. The first-order chi connectivity index (χ1) is 57.8. The van der Waals surface area contributed by atoms with Crippen molar-refractivity contribution >= 4 is 219 Å². The van der Waals surface area contributed by atoms with Crippen LogP contribution in [0.15, 0.2) is 121 Å². The van der Waals surface area contributed by atoms with E-state index in [2.05, 4.69) is 138 Å². The zero-order chi connectivity index (χ0) is 84.1. The molecule has 14 heterocycles. The third kappa shape index (κ3) is 17.9. The van der Waals surface area contributed by atoms with Crippen molar-refractivity contribution in [2.24, 2.45) is 0 Å². The number of aryl methyl sites for hydroxylation is 1. The van der Waals surface area contributed by atoms with E-state index in [9.17, 15) is 28.4 Å². The number of rotatable bonds is 11. The second kappa shape index (κ2) is 36.3. The lowest BCUT2D eigenvalue weighted by Crippen LogP contribution is -2.38. The Morgan fingerprint density at radius 2 is 0.717 bits per heavy atom. The lowest BCUT2D eigenvalue weighted by Gasteiger charge is -2.36. The van der Waals surface area contributed by atoms with E-state index in [0.717, 1.165) is 172 Å². The van der Waals surface area contributed by atoms with Crippen LogP contribution in [0, 0.1) is 0 Å². The molecule has 1 aliphatic carbocycles. The molecule has 15 aromatic rings. The summed E-state index contributed by atoms with van der Waals surface area (Å²) in [5.74, 6) is -0.276. The number of fused-ring (bicyclic) bond motifs is 10. The van der Waals surface area contributed by atoms with Crippen LogP contribution in [0.5, 0.6) is 0 Å². The number of carbonyl (C=O) groups excluding carboxylic acids is 5. The van der Waals surface area contributed by atoms with E-state index in [-0.39, 0.29) is 29.5 Å². The van der Waals surface area contributed by atoms with Gasteiger partial charge in [0.25, 0.3) is 0 Å². The van der Waals surface area contributed by atoms with E-state index in [4.69, 9.17) is 19.9 Å². The Kier molecular flexibility index (Phi) is 25.6. The van der Waals surface area contributed by atoms with Crippen molar-refractivity contribution in [3.63, 3.8) is 0 Å². The van der Waals surface area contributed by atoms with Gasteiger partial charge in [-0.3, -0.25) is 28.9 Å². The van der Waals surface area contributed by atoms with Crippen molar-refractivity contribution in [2.75, 3.05) is 39.7 Å². The molecular formula is C90H93FN14O5S10. The van der Waals surface area contributed by atoms with Crippen LogP contribution in [0.1, 0.15) is 185 Å². The van der Waals surface area contributed by atoms with Crippen LogP contribution in [-0.2, 0) is 56.1 Å². The Balaban J connectivity index is 0.000000112. The smallest absolute Gasteiger partial charge is 0.221 e. The number of aromatic nitrogens is 5. The van der Waals surface area contributed by atoms with Crippen LogP contribution in [0.2, 0.25) is 0 Å². The molecular weight excluding hydrogens is 1700 g/mol. The average Bonchev–Trinajstić information content (AvgIpc) is 1.52. The number of carbonyl (C=O) groups is 5. The highest BCUT2D eigenvalue weighted by molar-refractivity contribution is 7.25. The zero-order valence-electron chi connectivity index (χ0n) is 68.7. The van der Waals surface area contributed by atoms with Crippen LogP contribution in [-0.4, -0.2) is 90.6 Å². The first-order valence-electron chi connectivity index (χ1n) is 40.4. The fourth-order valence-electron chi connectivity index (χ4n) is 16.6. The average molecular weight is 1790 g/mol. The highest BCUT2D eigenvalue weighted by atomic mass is 32.1. The van der Waals surface area contributed by atoms with Gasteiger partial charge in [0.1, 0.15) is 56.2 Å². The Labute approximate surface area is 736 Å². The molecule has 19 nitrogen and oxygen atoms in total. The fourth-order valence-corrected chi connectivity index (χ4v) is 28.7. The number of nitrogens with zero attached hydrogens (tertiary/aromatic N) is 6. The molecule has 5 amide bonds. The van der Waals surface area contributed by atoms with Crippen molar-refractivity contribution in [1.29, 1.82) is 0 Å². The van der Waals surface area contributed by atoms with E-state index in [0.29, 0.717) is 48.7 Å². The van der Waals surface area contributed by atoms with Crippen molar-refractivity contribution < 1.29 is 28.4 Å². The lowest BCUT2D eigenvalue weighted by atomic mass is 9.94. The third-order valence-electron chi connectivity index (χ3n) is 21.6. The van der Waals surface area contributed by atoms with E-state index in [1.54, 1.807) is 130 Å².